The summed E-state index contributed by atoms with van der Waals surface area (Å²) in [6, 6.07) is 19.3. The lowest BCUT2D eigenvalue weighted by molar-refractivity contribution is -0.113. The molecule has 1 N–H and O–H groups in total. The third kappa shape index (κ3) is 6.13. The Hall–Kier alpha value is -3.79. The highest BCUT2D eigenvalue weighted by molar-refractivity contribution is 7.99. The maximum Gasteiger partial charge on any atom is 0.387 e. The lowest BCUT2D eigenvalue weighted by atomic mass is 10.2. The van der Waals surface area contributed by atoms with Crippen LogP contribution < -0.4 is 10.1 Å². The summed E-state index contributed by atoms with van der Waals surface area (Å²) in [5.41, 5.74) is 2.42. The number of rotatable bonds is 9. The van der Waals surface area contributed by atoms with Crippen molar-refractivity contribution in [1.82, 2.24) is 19.7 Å². The number of hydrogen-bond acceptors (Lipinski definition) is 6. The van der Waals surface area contributed by atoms with Crippen LogP contribution >= 0.6 is 11.8 Å². The summed E-state index contributed by atoms with van der Waals surface area (Å²) in [5, 5.41) is 12.0. The van der Waals surface area contributed by atoms with Crippen molar-refractivity contribution in [3.8, 4) is 17.1 Å². The van der Waals surface area contributed by atoms with Gasteiger partial charge < -0.3 is 10.1 Å². The SMILES string of the molecule is O=C(CSc1nnc(-c2ccncc2)n1Cc1ccccc1)Nc1ccc(OC(F)F)cc1. The van der Waals surface area contributed by atoms with Gasteiger partial charge in [0.1, 0.15) is 5.75 Å². The van der Waals surface area contributed by atoms with E-state index >= 15 is 0 Å². The molecule has 0 saturated carbocycles. The Morgan fingerprint density at radius 3 is 2.42 bits per heavy atom. The van der Waals surface area contributed by atoms with Gasteiger partial charge in [-0.05, 0) is 42.0 Å². The fourth-order valence-electron chi connectivity index (χ4n) is 3.07. The van der Waals surface area contributed by atoms with Crippen molar-refractivity contribution in [3.63, 3.8) is 0 Å². The second kappa shape index (κ2) is 10.7. The number of ether oxygens (including phenoxy) is 1. The number of anilines is 1. The number of aromatic nitrogens is 4. The number of carbonyl (C=O) groups excluding carboxylic acids is 1. The maximum atomic E-state index is 12.4. The Kier molecular flexibility index (Phi) is 7.26. The lowest BCUT2D eigenvalue weighted by Gasteiger charge is -2.11. The van der Waals surface area contributed by atoms with E-state index in [9.17, 15) is 13.6 Å². The first-order valence-electron chi connectivity index (χ1n) is 9.93. The van der Waals surface area contributed by atoms with Gasteiger partial charge in [-0.25, -0.2) is 0 Å². The van der Waals surface area contributed by atoms with Crippen molar-refractivity contribution in [2.75, 3.05) is 11.1 Å². The number of alkyl halides is 2. The molecule has 2 aromatic carbocycles. The van der Waals surface area contributed by atoms with Crippen LogP contribution in [0.15, 0.2) is 84.3 Å². The van der Waals surface area contributed by atoms with Gasteiger partial charge in [0.05, 0.1) is 12.3 Å². The average Bonchev–Trinajstić information content (AvgIpc) is 3.22. The molecule has 0 unspecified atom stereocenters. The van der Waals surface area contributed by atoms with Crippen LogP contribution in [0, 0.1) is 0 Å². The van der Waals surface area contributed by atoms with Gasteiger partial charge >= 0.3 is 6.61 Å². The van der Waals surface area contributed by atoms with E-state index in [0.29, 0.717) is 23.2 Å². The van der Waals surface area contributed by atoms with Crippen LogP contribution in [-0.2, 0) is 11.3 Å². The fourth-order valence-corrected chi connectivity index (χ4v) is 3.80. The number of carbonyl (C=O) groups is 1. The average molecular weight is 468 g/mol. The van der Waals surface area contributed by atoms with E-state index in [0.717, 1.165) is 11.1 Å². The third-order valence-corrected chi connectivity index (χ3v) is 5.50. The molecule has 2 aromatic heterocycles. The number of halogens is 2. The minimum Gasteiger partial charge on any atom is -0.435 e. The number of pyridine rings is 1. The van der Waals surface area contributed by atoms with Crippen LogP contribution in [0.2, 0.25) is 0 Å². The largest absolute Gasteiger partial charge is 0.435 e. The van der Waals surface area contributed by atoms with Gasteiger partial charge in [-0.15, -0.1) is 10.2 Å². The van der Waals surface area contributed by atoms with E-state index < -0.39 is 6.61 Å². The standard InChI is InChI=1S/C23H19F2N5O2S/c24-22(25)32-19-8-6-18(7-9-19)27-20(31)15-33-23-29-28-21(17-10-12-26-13-11-17)30(23)14-16-4-2-1-3-5-16/h1-13,22H,14-15H2,(H,27,31). The Morgan fingerprint density at radius 2 is 1.73 bits per heavy atom. The minimum absolute atomic E-state index is 0.0232. The van der Waals surface area contributed by atoms with Crippen LogP contribution in [0.4, 0.5) is 14.5 Å². The molecule has 7 nitrogen and oxygen atoms in total. The normalized spacial score (nSPS) is 10.9. The van der Waals surface area contributed by atoms with E-state index in [1.54, 1.807) is 12.4 Å². The van der Waals surface area contributed by atoms with Crippen molar-refractivity contribution in [3.05, 3.63) is 84.7 Å². The molecule has 0 fully saturated rings. The van der Waals surface area contributed by atoms with Crippen LogP contribution in [0.25, 0.3) is 11.4 Å². The first-order valence-corrected chi connectivity index (χ1v) is 10.9. The summed E-state index contributed by atoms with van der Waals surface area (Å²) in [4.78, 5) is 16.5. The van der Waals surface area contributed by atoms with Gasteiger partial charge in [-0.1, -0.05) is 42.1 Å². The van der Waals surface area contributed by atoms with Crippen LogP contribution in [0.3, 0.4) is 0 Å². The molecule has 0 aliphatic heterocycles. The number of thioether (sulfide) groups is 1. The summed E-state index contributed by atoms with van der Waals surface area (Å²) in [6.07, 6.45) is 3.38. The zero-order valence-corrected chi connectivity index (χ0v) is 18.1. The molecule has 168 valence electrons. The monoisotopic (exact) mass is 467 g/mol. The van der Waals surface area contributed by atoms with Gasteiger partial charge in [-0.3, -0.25) is 14.3 Å². The molecule has 10 heteroatoms. The fraction of sp³-hybridized carbons (Fsp3) is 0.130. The van der Waals surface area contributed by atoms with Gasteiger partial charge in [0.15, 0.2) is 11.0 Å². The summed E-state index contributed by atoms with van der Waals surface area (Å²) in [6.45, 7) is -2.35. The molecule has 33 heavy (non-hydrogen) atoms. The second-order valence-electron chi connectivity index (χ2n) is 6.85. The van der Waals surface area contributed by atoms with Crippen LogP contribution in [0.1, 0.15) is 5.56 Å². The molecule has 4 aromatic rings. The molecule has 4 rings (SSSR count). The Balaban J connectivity index is 1.46. The van der Waals surface area contributed by atoms with Crippen molar-refractivity contribution in [1.29, 1.82) is 0 Å². The number of nitrogens with one attached hydrogen (secondary N) is 1. The second-order valence-corrected chi connectivity index (χ2v) is 7.80. The molecule has 0 aliphatic carbocycles. The van der Waals surface area contributed by atoms with Crippen molar-refractivity contribution in [2.45, 2.75) is 18.3 Å². The topological polar surface area (TPSA) is 81.9 Å². The van der Waals surface area contributed by atoms with Crippen LogP contribution in [-0.4, -0.2) is 38.0 Å². The quantitative estimate of drug-likeness (QED) is 0.359. The zero-order valence-electron chi connectivity index (χ0n) is 17.3. The first-order chi connectivity index (χ1) is 16.1. The van der Waals surface area contributed by atoms with E-state index in [-0.39, 0.29) is 17.4 Å². The maximum absolute atomic E-state index is 12.4. The van der Waals surface area contributed by atoms with Gasteiger partial charge in [0.2, 0.25) is 5.91 Å². The summed E-state index contributed by atoms with van der Waals surface area (Å²) in [7, 11) is 0. The highest BCUT2D eigenvalue weighted by Gasteiger charge is 2.16. The number of hydrogen-bond donors (Lipinski definition) is 1. The summed E-state index contributed by atoms with van der Waals surface area (Å²) >= 11 is 1.26. The minimum atomic E-state index is -2.90. The highest BCUT2D eigenvalue weighted by atomic mass is 32.2. The molecule has 0 aliphatic rings. The molecule has 0 bridgehead atoms. The summed E-state index contributed by atoms with van der Waals surface area (Å²) < 4.78 is 30.8. The molecule has 0 atom stereocenters. The highest BCUT2D eigenvalue weighted by Crippen LogP contribution is 2.25. The smallest absolute Gasteiger partial charge is 0.387 e. The zero-order chi connectivity index (χ0) is 23.0. The third-order valence-electron chi connectivity index (χ3n) is 4.53. The number of amides is 1. The van der Waals surface area contributed by atoms with Gasteiger partial charge in [0.25, 0.3) is 0 Å². The molecular weight excluding hydrogens is 448 g/mol. The van der Waals surface area contributed by atoms with E-state index in [2.05, 4.69) is 25.2 Å². The molecule has 2 heterocycles. The van der Waals surface area contributed by atoms with Gasteiger partial charge in [-0.2, -0.15) is 8.78 Å². The van der Waals surface area contributed by atoms with Crippen molar-refractivity contribution in [2.24, 2.45) is 0 Å². The number of nitrogens with zero attached hydrogens (tertiary/aromatic N) is 4. The van der Waals surface area contributed by atoms with E-state index in [4.69, 9.17) is 0 Å². The first kappa shape index (κ1) is 22.4. The predicted octanol–water partition coefficient (Wildman–Crippen LogP) is 4.72. The van der Waals surface area contributed by atoms with Crippen LogP contribution in [0.5, 0.6) is 5.75 Å². The molecule has 0 saturated heterocycles. The molecular formula is C23H19F2N5O2S. The molecule has 1 amide bonds. The summed E-state index contributed by atoms with van der Waals surface area (Å²) in [5.74, 6) is 0.537. The molecule has 0 spiro atoms. The predicted molar refractivity (Wildman–Crippen MR) is 121 cm³/mol. The van der Waals surface area contributed by atoms with E-state index in [1.165, 1.54) is 36.0 Å². The van der Waals surface area contributed by atoms with Crippen molar-refractivity contribution >= 4 is 23.4 Å². The number of benzene rings is 2. The molecule has 0 radical (unpaired) electrons. The van der Waals surface area contributed by atoms with E-state index in [1.807, 2.05) is 47.0 Å². The lowest BCUT2D eigenvalue weighted by Crippen LogP contribution is -2.15. The Labute approximate surface area is 192 Å². The van der Waals surface area contributed by atoms with Crippen molar-refractivity contribution < 1.29 is 18.3 Å². The Bertz CT molecular complexity index is 1190. The Morgan fingerprint density at radius 1 is 1.00 bits per heavy atom. The van der Waals surface area contributed by atoms with Gasteiger partial charge in [0, 0.05) is 23.6 Å².